The zero-order chi connectivity index (χ0) is 34.0. The first-order valence-electron chi connectivity index (χ1n) is 15.7. The van der Waals surface area contributed by atoms with Crippen LogP contribution in [0.5, 0.6) is 5.75 Å². The predicted octanol–water partition coefficient (Wildman–Crippen LogP) is 6.91. The molecular formula is C37H42BrN3O5S. The molecule has 4 aromatic rings. The summed E-state index contributed by atoms with van der Waals surface area (Å²) in [6.07, 6.45) is 0.962. The Morgan fingerprint density at radius 1 is 0.872 bits per heavy atom. The van der Waals surface area contributed by atoms with E-state index in [4.69, 9.17) is 4.74 Å². The SMILES string of the molecule is CCOc1ccc(S(=O)(=O)N(CC(=O)N(Cc2cccc(Br)c2)[C@H](Cc2ccccc2)C(=O)N[C@@H](C)CC)c2ccc(C)cc2)cc1. The van der Waals surface area contributed by atoms with E-state index in [0.29, 0.717) is 24.5 Å². The largest absolute Gasteiger partial charge is 0.494 e. The number of nitrogens with zero attached hydrogens (tertiary/aromatic N) is 2. The smallest absolute Gasteiger partial charge is 0.264 e. The van der Waals surface area contributed by atoms with Crippen LogP contribution in [0, 0.1) is 6.92 Å². The van der Waals surface area contributed by atoms with Gasteiger partial charge >= 0.3 is 0 Å². The summed E-state index contributed by atoms with van der Waals surface area (Å²) in [5, 5.41) is 3.06. The molecule has 248 valence electrons. The first-order chi connectivity index (χ1) is 22.5. The molecule has 4 aromatic carbocycles. The number of sulfonamides is 1. The summed E-state index contributed by atoms with van der Waals surface area (Å²) in [5.74, 6) is -0.274. The molecule has 47 heavy (non-hydrogen) atoms. The minimum absolute atomic E-state index is 0.0169. The van der Waals surface area contributed by atoms with Gasteiger partial charge in [-0.2, -0.15) is 0 Å². The van der Waals surface area contributed by atoms with Gasteiger partial charge in [0.05, 0.1) is 17.2 Å². The van der Waals surface area contributed by atoms with Crippen LogP contribution in [-0.2, 0) is 32.6 Å². The van der Waals surface area contributed by atoms with Crippen molar-refractivity contribution in [2.45, 2.75) is 64.1 Å². The van der Waals surface area contributed by atoms with Crippen LogP contribution < -0.4 is 14.4 Å². The topological polar surface area (TPSA) is 96.0 Å². The molecule has 0 fully saturated rings. The Bertz CT molecular complexity index is 1730. The van der Waals surface area contributed by atoms with Crippen molar-refractivity contribution in [2.24, 2.45) is 0 Å². The van der Waals surface area contributed by atoms with E-state index in [9.17, 15) is 18.0 Å². The molecule has 2 atom stereocenters. The molecule has 0 aliphatic carbocycles. The van der Waals surface area contributed by atoms with Crippen LogP contribution in [0.1, 0.15) is 43.9 Å². The third-order valence-corrected chi connectivity index (χ3v) is 10.1. The second kappa shape index (κ2) is 16.6. The Morgan fingerprint density at radius 3 is 2.15 bits per heavy atom. The number of benzene rings is 4. The van der Waals surface area contributed by atoms with E-state index in [1.807, 2.05) is 82.3 Å². The lowest BCUT2D eigenvalue weighted by atomic mass is 10.0. The molecule has 0 saturated heterocycles. The number of aryl methyl sites for hydroxylation is 1. The summed E-state index contributed by atoms with van der Waals surface area (Å²) in [5.41, 5.74) is 2.95. The Balaban J connectivity index is 1.80. The number of halogens is 1. The van der Waals surface area contributed by atoms with Crippen molar-refractivity contribution in [3.8, 4) is 5.75 Å². The molecule has 0 aliphatic heterocycles. The number of nitrogens with one attached hydrogen (secondary N) is 1. The molecule has 0 radical (unpaired) electrons. The average Bonchev–Trinajstić information content (AvgIpc) is 3.06. The normalized spacial score (nSPS) is 12.5. The zero-order valence-corrected chi connectivity index (χ0v) is 29.6. The number of anilines is 1. The van der Waals surface area contributed by atoms with E-state index in [1.54, 1.807) is 36.4 Å². The Kier molecular flexibility index (Phi) is 12.6. The fourth-order valence-corrected chi connectivity index (χ4v) is 6.93. The first kappa shape index (κ1) is 35.7. The van der Waals surface area contributed by atoms with Crippen molar-refractivity contribution in [1.29, 1.82) is 0 Å². The minimum atomic E-state index is -4.21. The molecule has 0 aliphatic rings. The molecular weight excluding hydrogens is 678 g/mol. The molecule has 0 unspecified atom stereocenters. The van der Waals surface area contributed by atoms with Gasteiger partial charge in [0, 0.05) is 23.5 Å². The highest BCUT2D eigenvalue weighted by molar-refractivity contribution is 9.10. The summed E-state index contributed by atoms with van der Waals surface area (Å²) in [6.45, 7) is 7.67. The highest BCUT2D eigenvalue weighted by atomic mass is 79.9. The van der Waals surface area contributed by atoms with Gasteiger partial charge < -0.3 is 15.0 Å². The summed E-state index contributed by atoms with van der Waals surface area (Å²) < 4.78 is 36.0. The van der Waals surface area contributed by atoms with Gasteiger partial charge in [0.2, 0.25) is 11.8 Å². The number of carbonyl (C=O) groups is 2. The van der Waals surface area contributed by atoms with Gasteiger partial charge in [0.1, 0.15) is 18.3 Å². The van der Waals surface area contributed by atoms with E-state index in [2.05, 4.69) is 21.2 Å². The third-order valence-electron chi connectivity index (χ3n) is 7.84. The molecule has 1 N–H and O–H groups in total. The van der Waals surface area contributed by atoms with Crippen molar-refractivity contribution in [1.82, 2.24) is 10.2 Å². The maximum atomic E-state index is 14.6. The summed E-state index contributed by atoms with van der Waals surface area (Å²) >= 11 is 3.52. The lowest BCUT2D eigenvalue weighted by Crippen LogP contribution is -2.54. The average molecular weight is 721 g/mol. The molecule has 0 bridgehead atoms. The molecule has 0 heterocycles. The van der Waals surface area contributed by atoms with Gasteiger partial charge in [0.25, 0.3) is 10.0 Å². The van der Waals surface area contributed by atoms with Crippen LogP contribution in [-0.4, -0.2) is 50.4 Å². The van der Waals surface area contributed by atoms with Crippen LogP contribution in [0.3, 0.4) is 0 Å². The standard InChI is InChI=1S/C37H42BrN3O5S/c1-5-28(4)39-37(43)35(24-29-11-8-7-9-12-29)40(25-30-13-10-14-31(38)23-30)36(42)26-41(32-17-15-27(3)16-18-32)47(44,45)34-21-19-33(20-22-34)46-6-2/h7-23,28,35H,5-6,24-26H2,1-4H3,(H,39,43)/t28-,35+/m0/s1. The fourth-order valence-electron chi connectivity index (χ4n) is 5.07. The number of ether oxygens (including phenoxy) is 1. The molecule has 0 spiro atoms. The molecule has 0 aromatic heterocycles. The summed E-state index contributed by atoms with van der Waals surface area (Å²) in [6, 6.07) is 29.1. The fraction of sp³-hybridized carbons (Fsp3) is 0.297. The lowest BCUT2D eigenvalue weighted by Gasteiger charge is -2.34. The zero-order valence-electron chi connectivity index (χ0n) is 27.2. The molecule has 0 saturated carbocycles. The summed E-state index contributed by atoms with van der Waals surface area (Å²) in [7, 11) is -4.21. The van der Waals surface area contributed by atoms with Gasteiger partial charge in [0.15, 0.2) is 0 Å². The van der Waals surface area contributed by atoms with Gasteiger partial charge in [-0.05, 0) is 86.8 Å². The van der Waals surface area contributed by atoms with E-state index in [0.717, 1.165) is 25.5 Å². The Morgan fingerprint density at radius 2 is 1.53 bits per heavy atom. The Hall–Kier alpha value is -4.15. The van der Waals surface area contributed by atoms with Crippen molar-refractivity contribution >= 4 is 43.5 Å². The van der Waals surface area contributed by atoms with Gasteiger partial charge in [-0.25, -0.2) is 8.42 Å². The molecule has 4 rings (SSSR count). The molecule has 10 heteroatoms. The third kappa shape index (κ3) is 9.68. The predicted molar refractivity (Wildman–Crippen MR) is 190 cm³/mol. The van der Waals surface area contributed by atoms with Crippen molar-refractivity contribution in [3.05, 3.63) is 124 Å². The minimum Gasteiger partial charge on any atom is -0.494 e. The molecule has 8 nitrogen and oxygen atoms in total. The van der Waals surface area contributed by atoms with Crippen molar-refractivity contribution in [3.63, 3.8) is 0 Å². The van der Waals surface area contributed by atoms with Crippen LogP contribution in [0.4, 0.5) is 5.69 Å². The van der Waals surface area contributed by atoms with Crippen LogP contribution in [0.25, 0.3) is 0 Å². The first-order valence-corrected chi connectivity index (χ1v) is 18.0. The van der Waals surface area contributed by atoms with Crippen molar-refractivity contribution < 1.29 is 22.7 Å². The number of rotatable bonds is 15. The number of carbonyl (C=O) groups excluding carboxylic acids is 2. The van der Waals surface area contributed by atoms with Crippen LogP contribution in [0.2, 0.25) is 0 Å². The maximum Gasteiger partial charge on any atom is 0.264 e. The quantitative estimate of drug-likeness (QED) is 0.144. The van der Waals surface area contributed by atoms with Gasteiger partial charge in [-0.15, -0.1) is 0 Å². The number of amides is 2. The van der Waals surface area contributed by atoms with Crippen LogP contribution in [0.15, 0.2) is 112 Å². The highest BCUT2D eigenvalue weighted by Crippen LogP contribution is 2.27. The number of hydrogen-bond donors (Lipinski definition) is 1. The Labute approximate surface area is 286 Å². The van der Waals surface area contributed by atoms with Crippen LogP contribution >= 0.6 is 15.9 Å². The number of hydrogen-bond acceptors (Lipinski definition) is 5. The summed E-state index contributed by atoms with van der Waals surface area (Å²) in [4.78, 5) is 30.1. The van der Waals surface area contributed by atoms with Gasteiger partial charge in [-0.1, -0.05) is 83.0 Å². The monoisotopic (exact) mass is 719 g/mol. The van der Waals surface area contributed by atoms with Gasteiger partial charge in [-0.3, -0.25) is 13.9 Å². The molecule has 2 amide bonds. The second-order valence-electron chi connectivity index (χ2n) is 11.4. The van der Waals surface area contributed by atoms with E-state index >= 15 is 0 Å². The van der Waals surface area contributed by atoms with E-state index < -0.39 is 28.5 Å². The van der Waals surface area contributed by atoms with Crippen molar-refractivity contribution in [2.75, 3.05) is 17.5 Å². The maximum absolute atomic E-state index is 14.6. The lowest BCUT2D eigenvalue weighted by molar-refractivity contribution is -0.140. The highest BCUT2D eigenvalue weighted by Gasteiger charge is 2.35. The van der Waals surface area contributed by atoms with E-state index in [-0.39, 0.29) is 29.8 Å². The van der Waals surface area contributed by atoms with E-state index in [1.165, 1.54) is 17.0 Å². The second-order valence-corrected chi connectivity index (χ2v) is 14.2.